The summed E-state index contributed by atoms with van der Waals surface area (Å²) in [5, 5.41) is 7.97. The third-order valence-corrected chi connectivity index (χ3v) is 3.39. The van der Waals surface area contributed by atoms with E-state index in [4.69, 9.17) is 0 Å². The Morgan fingerprint density at radius 1 is 1.21 bits per heavy atom. The van der Waals surface area contributed by atoms with Gasteiger partial charge < -0.3 is 5.32 Å². The van der Waals surface area contributed by atoms with Crippen molar-refractivity contribution in [1.29, 1.82) is 0 Å². The maximum Gasteiger partial charge on any atom is 0.0835 e. The number of nitrogens with one attached hydrogen (secondary N) is 1. The van der Waals surface area contributed by atoms with Crippen molar-refractivity contribution in [1.82, 2.24) is 20.1 Å². The van der Waals surface area contributed by atoms with Crippen LogP contribution in [0.15, 0.2) is 18.5 Å². The van der Waals surface area contributed by atoms with E-state index in [0.29, 0.717) is 6.04 Å². The highest BCUT2D eigenvalue weighted by atomic mass is 15.3. The lowest BCUT2D eigenvalue weighted by Gasteiger charge is -2.10. The van der Waals surface area contributed by atoms with Gasteiger partial charge in [-0.3, -0.25) is 4.98 Å². The SMILES string of the molecule is Cc1nn(-c2cncc(CNC(C)C)c2)c(C)c1C. The van der Waals surface area contributed by atoms with Crippen molar-refractivity contribution >= 4 is 0 Å². The van der Waals surface area contributed by atoms with Crippen LogP contribution in [-0.4, -0.2) is 20.8 Å². The summed E-state index contributed by atoms with van der Waals surface area (Å²) in [6.45, 7) is 11.3. The molecule has 4 heteroatoms. The van der Waals surface area contributed by atoms with Crippen molar-refractivity contribution in [2.45, 2.75) is 47.2 Å². The molecule has 0 saturated carbocycles. The molecular formula is C15H22N4. The van der Waals surface area contributed by atoms with Gasteiger partial charge in [-0.05, 0) is 38.0 Å². The van der Waals surface area contributed by atoms with E-state index in [1.807, 2.05) is 24.0 Å². The van der Waals surface area contributed by atoms with Crippen LogP contribution in [0.25, 0.3) is 5.69 Å². The molecule has 0 atom stereocenters. The van der Waals surface area contributed by atoms with Crippen LogP contribution in [-0.2, 0) is 6.54 Å². The van der Waals surface area contributed by atoms with E-state index >= 15 is 0 Å². The minimum atomic E-state index is 0.472. The Hall–Kier alpha value is -1.68. The van der Waals surface area contributed by atoms with Gasteiger partial charge in [-0.25, -0.2) is 4.68 Å². The average Bonchev–Trinajstić information content (AvgIpc) is 2.64. The van der Waals surface area contributed by atoms with Gasteiger partial charge in [-0.2, -0.15) is 5.10 Å². The molecule has 0 bridgehead atoms. The Kier molecular flexibility index (Phi) is 4.00. The Morgan fingerprint density at radius 2 is 1.95 bits per heavy atom. The quantitative estimate of drug-likeness (QED) is 0.917. The van der Waals surface area contributed by atoms with Crippen LogP contribution in [0.1, 0.15) is 36.4 Å². The summed E-state index contributed by atoms with van der Waals surface area (Å²) in [6.07, 6.45) is 3.76. The summed E-state index contributed by atoms with van der Waals surface area (Å²) in [5.74, 6) is 0. The highest BCUT2D eigenvalue weighted by Crippen LogP contribution is 2.16. The molecule has 2 rings (SSSR count). The number of nitrogens with zero attached hydrogens (tertiary/aromatic N) is 3. The molecule has 0 aliphatic heterocycles. The molecule has 0 aliphatic carbocycles. The predicted molar refractivity (Wildman–Crippen MR) is 77.5 cm³/mol. The van der Waals surface area contributed by atoms with Crippen LogP contribution in [0, 0.1) is 20.8 Å². The Bertz CT molecular complexity index is 570. The maximum absolute atomic E-state index is 4.57. The lowest BCUT2D eigenvalue weighted by Crippen LogP contribution is -2.22. The molecule has 0 saturated heterocycles. The molecule has 0 aliphatic rings. The molecule has 0 spiro atoms. The van der Waals surface area contributed by atoms with E-state index < -0.39 is 0 Å². The molecule has 0 unspecified atom stereocenters. The largest absolute Gasteiger partial charge is 0.310 e. The summed E-state index contributed by atoms with van der Waals surface area (Å²) in [4.78, 5) is 4.32. The first-order valence-electron chi connectivity index (χ1n) is 6.69. The number of pyridine rings is 1. The Balaban J connectivity index is 2.30. The van der Waals surface area contributed by atoms with Crippen molar-refractivity contribution < 1.29 is 0 Å². The second-order valence-corrected chi connectivity index (χ2v) is 5.29. The number of aryl methyl sites for hydroxylation is 1. The van der Waals surface area contributed by atoms with Gasteiger partial charge in [0.1, 0.15) is 0 Å². The third-order valence-electron chi connectivity index (χ3n) is 3.39. The second kappa shape index (κ2) is 5.53. The van der Waals surface area contributed by atoms with E-state index in [-0.39, 0.29) is 0 Å². The van der Waals surface area contributed by atoms with Crippen molar-refractivity contribution in [3.05, 3.63) is 41.0 Å². The second-order valence-electron chi connectivity index (χ2n) is 5.29. The fourth-order valence-electron chi connectivity index (χ4n) is 1.98. The number of hydrogen-bond donors (Lipinski definition) is 1. The Labute approximate surface area is 114 Å². The van der Waals surface area contributed by atoms with Gasteiger partial charge in [-0.15, -0.1) is 0 Å². The topological polar surface area (TPSA) is 42.7 Å². The van der Waals surface area contributed by atoms with Crippen LogP contribution in [0.2, 0.25) is 0 Å². The summed E-state index contributed by atoms with van der Waals surface area (Å²) in [6, 6.07) is 2.61. The van der Waals surface area contributed by atoms with Gasteiger partial charge in [0, 0.05) is 24.5 Å². The highest BCUT2D eigenvalue weighted by molar-refractivity contribution is 5.36. The van der Waals surface area contributed by atoms with Gasteiger partial charge in [0.15, 0.2) is 0 Å². The maximum atomic E-state index is 4.57. The fourth-order valence-corrected chi connectivity index (χ4v) is 1.98. The lowest BCUT2D eigenvalue weighted by molar-refractivity contribution is 0.587. The summed E-state index contributed by atoms with van der Waals surface area (Å²) in [5.41, 5.74) is 5.69. The molecule has 19 heavy (non-hydrogen) atoms. The summed E-state index contributed by atoms with van der Waals surface area (Å²) < 4.78 is 1.97. The smallest absolute Gasteiger partial charge is 0.0835 e. The van der Waals surface area contributed by atoms with Crippen molar-refractivity contribution in [3.63, 3.8) is 0 Å². The molecule has 2 heterocycles. The first-order chi connectivity index (χ1) is 8.99. The molecule has 2 aromatic heterocycles. The number of aromatic nitrogens is 3. The predicted octanol–water partition coefficient (Wildman–Crippen LogP) is 2.69. The van der Waals surface area contributed by atoms with Gasteiger partial charge >= 0.3 is 0 Å². The van der Waals surface area contributed by atoms with E-state index in [1.165, 1.54) is 16.8 Å². The van der Waals surface area contributed by atoms with E-state index in [9.17, 15) is 0 Å². The van der Waals surface area contributed by atoms with E-state index in [2.05, 4.69) is 49.2 Å². The van der Waals surface area contributed by atoms with Crippen LogP contribution >= 0.6 is 0 Å². The first-order valence-corrected chi connectivity index (χ1v) is 6.69. The minimum absolute atomic E-state index is 0.472. The fraction of sp³-hybridized carbons (Fsp3) is 0.467. The van der Waals surface area contributed by atoms with Crippen LogP contribution in [0.4, 0.5) is 0 Å². The Morgan fingerprint density at radius 3 is 2.53 bits per heavy atom. The minimum Gasteiger partial charge on any atom is -0.310 e. The van der Waals surface area contributed by atoms with Gasteiger partial charge in [0.2, 0.25) is 0 Å². The molecule has 1 N–H and O–H groups in total. The van der Waals surface area contributed by atoms with Crippen LogP contribution in [0.5, 0.6) is 0 Å². The van der Waals surface area contributed by atoms with Crippen molar-refractivity contribution in [2.75, 3.05) is 0 Å². The molecular weight excluding hydrogens is 236 g/mol. The molecule has 0 aromatic carbocycles. The van der Waals surface area contributed by atoms with Crippen molar-refractivity contribution in [2.24, 2.45) is 0 Å². The van der Waals surface area contributed by atoms with E-state index in [0.717, 1.165) is 17.9 Å². The summed E-state index contributed by atoms with van der Waals surface area (Å²) >= 11 is 0. The molecule has 0 radical (unpaired) electrons. The van der Waals surface area contributed by atoms with Crippen LogP contribution in [0.3, 0.4) is 0 Å². The highest BCUT2D eigenvalue weighted by Gasteiger charge is 2.09. The van der Waals surface area contributed by atoms with Crippen molar-refractivity contribution in [3.8, 4) is 5.69 Å². The molecule has 4 nitrogen and oxygen atoms in total. The van der Waals surface area contributed by atoms with Crippen LogP contribution < -0.4 is 5.32 Å². The molecule has 2 aromatic rings. The normalized spacial score (nSPS) is 11.3. The zero-order chi connectivity index (χ0) is 14.0. The van der Waals surface area contributed by atoms with Gasteiger partial charge in [0.05, 0.1) is 17.6 Å². The lowest BCUT2D eigenvalue weighted by atomic mass is 10.2. The monoisotopic (exact) mass is 258 g/mol. The third kappa shape index (κ3) is 3.01. The number of hydrogen-bond acceptors (Lipinski definition) is 3. The van der Waals surface area contributed by atoms with Gasteiger partial charge in [-0.1, -0.05) is 13.8 Å². The van der Waals surface area contributed by atoms with E-state index in [1.54, 1.807) is 0 Å². The molecule has 102 valence electrons. The summed E-state index contributed by atoms with van der Waals surface area (Å²) in [7, 11) is 0. The standard InChI is InChI=1S/C15H22N4/c1-10(2)17-8-14-6-15(9-16-7-14)19-13(5)11(3)12(4)18-19/h6-7,9-10,17H,8H2,1-5H3. The van der Waals surface area contributed by atoms with Gasteiger partial charge in [0.25, 0.3) is 0 Å². The molecule has 0 amide bonds. The zero-order valence-corrected chi connectivity index (χ0v) is 12.4. The molecule has 0 fully saturated rings. The number of rotatable bonds is 4. The first kappa shape index (κ1) is 13.7. The zero-order valence-electron chi connectivity index (χ0n) is 12.4. The average molecular weight is 258 g/mol.